The highest BCUT2D eigenvalue weighted by atomic mass is 19.3. The summed E-state index contributed by atoms with van der Waals surface area (Å²) in [5, 5.41) is 0. The summed E-state index contributed by atoms with van der Waals surface area (Å²) in [4.78, 5) is 13.5. The van der Waals surface area contributed by atoms with Crippen LogP contribution in [0.1, 0.15) is 28.2 Å². The lowest BCUT2D eigenvalue weighted by atomic mass is 10.1. The molecular weight excluding hydrogens is 197 g/mol. The number of aldehydes is 1. The number of halogens is 3. The Kier molecular flexibility index (Phi) is 3.19. The van der Waals surface area contributed by atoms with E-state index < -0.39 is 17.9 Å². The molecule has 0 bridgehead atoms. The van der Waals surface area contributed by atoms with Gasteiger partial charge in [-0.25, -0.2) is 18.2 Å². The molecule has 3 nitrogen and oxygen atoms in total. The van der Waals surface area contributed by atoms with Crippen molar-refractivity contribution in [1.82, 2.24) is 4.98 Å². The average molecular weight is 204 g/mol. The van der Waals surface area contributed by atoms with Crippen LogP contribution in [0.2, 0.25) is 0 Å². The molecule has 0 aliphatic rings. The molecule has 0 atom stereocenters. The van der Waals surface area contributed by atoms with Crippen LogP contribution in [0.5, 0.6) is 0 Å². The largest absolute Gasteiger partial charge is 0.326 e. The quantitative estimate of drug-likeness (QED) is 0.757. The summed E-state index contributed by atoms with van der Waals surface area (Å²) >= 11 is 0. The number of carbonyl (C=O) groups excluding carboxylic acids is 1. The summed E-state index contributed by atoms with van der Waals surface area (Å²) < 4.78 is 37.7. The molecule has 0 aliphatic carbocycles. The molecule has 0 fully saturated rings. The van der Waals surface area contributed by atoms with Crippen LogP contribution in [0.15, 0.2) is 6.07 Å². The third-order valence-corrected chi connectivity index (χ3v) is 1.65. The van der Waals surface area contributed by atoms with E-state index in [1.807, 2.05) is 0 Å². The summed E-state index contributed by atoms with van der Waals surface area (Å²) in [5.74, 6) is -0.931. The van der Waals surface area contributed by atoms with Gasteiger partial charge >= 0.3 is 0 Å². The molecule has 1 aromatic rings. The van der Waals surface area contributed by atoms with Crippen LogP contribution in [0.3, 0.4) is 0 Å². The predicted molar refractivity (Wildman–Crippen MR) is 42.4 cm³/mol. The maximum Gasteiger partial charge on any atom is 0.280 e. The van der Waals surface area contributed by atoms with E-state index in [1.54, 1.807) is 0 Å². The first-order valence-corrected chi connectivity index (χ1v) is 3.72. The summed E-state index contributed by atoms with van der Waals surface area (Å²) in [6.45, 7) is -0.377. The predicted octanol–water partition coefficient (Wildman–Crippen LogP) is 1.43. The molecule has 1 aromatic heterocycles. The van der Waals surface area contributed by atoms with Crippen molar-refractivity contribution in [2.75, 3.05) is 0 Å². The van der Waals surface area contributed by atoms with Gasteiger partial charge in [0.05, 0.1) is 0 Å². The Labute approximate surface area is 77.7 Å². The molecule has 76 valence electrons. The van der Waals surface area contributed by atoms with Gasteiger partial charge < -0.3 is 5.73 Å². The number of hydrogen-bond donors (Lipinski definition) is 1. The highest BCUT2D eigenvalue weighted by molar-refractivity contribution is 5.71. The number of carbonyl (C=O) groups is 1. The number of pyridine rings is 1. The minimum Gasteiger partial charge on any atom is -0.326 e. The van der Waals surface area contributed by atoms with E-state index in [1.165, 1.54) is 0 Å². The van der Waals surface area contributed by atoms with E-state index in [0.29, 0.717) is 0 Å². The molecule has 1 heterocycles. The molecule has 0 spiro atoms. The van der Waals surface area contributed by atoms with E-state index in [9.17, 15) is 18.0 Å². The Morgan fingerprint density at radius 2 is 2.21 bits per heavy atom. The van der Waals surface area contributed by atoms with Crippen LogP contribution in [-0.2, 0) is 6.54 Å². The van der Waals surface area contributed by atoms with E-state index in [0.717, 1.165) is 6.07 Å². The Morgan fingerprint density at radius 3 is 2.64 bits per heavy atom. The van der Waals surface area contributed by atoms with Crippen molar-refractivity contribution in [3.63, 3.8) is 0 Å². The van der Waals surface area contributed by atoms with Gasteiger partial charge in [-0.05, 0) is 0 Å². The zero-order chi connectivity index (χ0) is 10.7. The smallest absolute Gasteiger partial charge is 0.280 e. The third kappa shape index (κ3) is 1.90. The maximum absolute atomic E-state index is 13.0. The maximum atomic E-state index is 13.0. The molecule has 6 heteroatoms. The van der Waals surface area contributed by atoms with Crippen LogP contribution in [-0.4, -0.2) is 11.3 Å². The molecule has 0 aromatic carbocycles. The Balaban J connectivity index is 3.35. The Bertz CT molecular complexity index is 355. The lowest BCUT2D eigenvalue weighted by Crippen LogP contribution is -2.09. The molecule has 1 rings (SSSR count). The topological polar surface area (TPSA) is 56.0 Å². The number of rotatable bonds is 3. The molecular formula is C8H7F3N2O. The standard InChI is InChI=1S/C8H7F3N2O/c9-6-1-4(3-14)13-7(8(10)11)5(6)2-12/h1,3,8H,2,12H2. The molecule has 0 amide bonds. The number of alkyl halides is 2. The van der Waals surface area contributed by atoms with Crippen molar-refractivity contribution in [3.05, 3.63) is 28.8 Å². The fourth-order valence-electron chi connectivity index (χ4n) is 1.02. The zero-order valence-electron chi connectivity index (χ0n) is 7.01. The van der Waals surface area contributed by atoms with Crippen LogP contribution in [0.4, 0.5) is 13.2 Å². The lowest BCUT2D eigenvalue weighted by Gasteiger charge is -2.07. The van der Waals surface area contributed by atoms with Gasteiger partial charge in [0.25, 0.3) is 6.43 Å². The second kappa shape index (κ2) is 4.19. The summed E-state index contributed by atoms with van der Waals surface area (Å²) in [7, 11) is 0. The minimum atomic E-state index is -2.94. The average Bonchev–Trinajstić information content (AvgIpc) is 2.16. The van der Waals surface area contributed by atoms with Crippen LogP contribution < -0.4 is 5.73 Å². The van der Waals surface area contributed by atoms with Crippen LogP contribution in [0, 0.1) is 5.82 Å². The van der Waals surface area contributed by atoms with Gasteiger partial charge in [0.15, 0.2) is 6.29 Å². The van der Waals surface area contributed by atoms with Gasteiger partial charge in [-0.1, -0.05) is 0 Å². The van der Waals surface area contributed by atoms with Crippen LogP contribution in [0.25, 0.3) is 0 Å². The molecule has 0 saturated carbocycles. The van der Waals surface area contributed by atoms with Gasteiger partial charge in [-0.2, -0.15) is 0 Å². The third-order valence-electron chi connectivity index (χ3n) is 1.65. The fourth-order valence-corrected chi connectivity index (χ4v) is 1.02. The van der Waals surface area contributed by atoms with Gasteiger partial charge in [0, 0.05) is 18.2 Å². The molecule has 2 N–H and O–H groups in total. The van der Waals surface area contributed by atoms with E-state index in [4.69, 9.17) is 5.73 Å². The van der Waals surface area contributed by atoms with E-state index in [2.05, 4.69) is 4.98 Å². The SMILES string of the molecule is NCc1c(F)cc(C=O)nc1C(F)F. The number of nitrogens with two attached hydrogens (primary N) is 1. The fraction of sp³-hybridized carbons (Fsp3) is 0.250. The van der Waals surface area contributed by atoms with Crippen molar-refractivity contribution >= 4 is 6.29 Å². The lowest BCUT2D eigenvalue weighted by molar-refractivity contribution is 0.111. The second-order valence-electron chi connectivity index (χ2n) is 2.52. The molecule has 0 aliphatic heterocycles. The summed E-state index contributed by atoms with van der Waals surface area (Å²) in [5.41, 5.74) is 3.59. The number of nitrogens with zero attached hydrogens (tertiary/aromatic N) is 1. The van der Waals surface area contributed by atoms with Crippen molar-refractivity contribution in [1.29, 1.82) is 0 Å². The molecule has 0 unspecified atom stereocenters. The van der Waals surface area contributed by atoms with Crippen molar-refractivity contribution in [2.24, 2.45) is 5.73 Å². The van der Waals surface area contributed by atoms with E-state index >= 15 is 0 Å². The highest BCUT2D eigenvalue weighted by Crippen LogP contribution is 2.22. The van der Waals surface area contributed by atoms with Crippen molar-refractivity contribution in [2.45, 2.75) is 13.0 Å². The zero-order valence-corrected chi connectivity index (χ0v) is 7.01. The first kappa shape index (κ1) is 10.6. The highest BCUT2D eigenvalue weighted by Gasteiger charge is 2.18. The molecule has 0 radical (unpaired) electrons. The van der Waals surface area contributed by atoms with E-state index in [-0.39, 0.29) is 24.1 Å². The first-order valence-electron chi connectivity index (χ1n) is 3.72. The Morgan fingerprint density at radius 1 is 1.57 bits per heavy atom. The Hall–Kier alpha value is -1.43. The minimum absolute atomic E-state index is 0.204. The van der Waals surface area contributed by atoms with Crippen molar-refractivity contribution < 1.29 is 18.0 Å². The normalized spacial score (nSPS) is 10.6. The summed E-state index contributed by atoms with van der Waals surface area (Å²) in [6, 6.07) is 0.779. The van der Waals surface area contributed by atoms with Crippen molar-refractivity contribution in [3.8, 4) is 0 Å². The second-order valence-corrected chi connectivity index (χ2v) is 2.52. The van der Waals surface area contributed by atoms with Gasteiger partial charge in [-0.15, -0.1) is 0 Å². The van der Waals surface area contributed by atoms with Gasteiger partial charge in [0.1, 0.15) is 17.2 Å². The van der Waals surface area contributed by atoms with Gasteiger partial charge in [-0.3, -0.25) is 4.79 Å². The molecule has 0 saturated heterocycles. The first-order chi connectivity index (χ1) is 6.60. The monoisotopic (exact) mass is 204 g/mol. The molecule has 14 heavy (non-hydrogen) atoms. The summed E-state index contributed by atoms with van der Waals surface area (Å²) in [6.07, 6.45) is -2.74. The van der Waals surface area contributed by atoms with Gasteiger partial charge in [0.2, 0.25) is 0 Å². The number of hydrogen-bond acceptors (Lipinski definition) is 3. The number of aromatic nitrogens is 1. The van der Waals surface area contributed by atoms with Crippen LogP contribution >= 0.6 is 0 Å².